The van der Waals surface area contributed by atoms with Crippen LogP contribution in [0.15, 0.2) is 78.9 Å². The number of unbranched alkanes of at least 4 members (excludes halogenated alkanes) is 30. The van der Waals surface area contributed by atoms with Crippen molar-refractivity contribution < 1.29 is 47.2 Å². The molecule has 0 radical (unpaired) electrons. The van der Waals surface area contributed by atoms with Crippen LogP contribution in [0.3, 0.4) is 0 Å². The van der Waals surface area contributed by atoms with Gasteiger partial charge in [-0.3, -0.25) is 4.79 Å². The van der Waals surface area contributed by atoms with Crippen molar-refractivity contribution in [2.24, 2.45) is 0 Å². The molecule has 3 heterocycles. The normalized spacial score (nSPS) is 12.0. The zero-order valence-corrected chi connectivity index (χ0v) is 56.9. The van der Waals surface area contributed by atoms with E-state index < -0.39 is 7.32 Å². The Labute approximate surface area is 544 Å². The molecule has 2 N–H and O–H groups in total. The van der Waals surface area contributed by atoms with Gasteiger partial charge in [-0.05, 0) is 99.2 Å². The highest BCUT2D eigenvalue weighted by Gasteiger charge is 2.39. The summed E-state index contributed by atoms with van der Waals surface area (Å²) in [5, 5.41) is 0. The molecule has 6 rings (SSSR count). The molecule has 0 bridgehead atoms. The monoisotopic (exact) mass is 1240 g/mol. The smallest absolute Gasteiger partial charge is 0.490 e. The van der Waals surface area contributed by atoms with Gasteiger partial charge in [-0.2, -0.15) is 0 Å². The van der Waals surface area contributed by atoms with E-state index in [1.807, 2.05) is 60.7 Å². The molecule has 0 saturated carbocycles. The van der Waals surface area contributed by atoms with Crippen molar-refractivity contribution in [1.29, 1.82) is 0 Å². The van der Waals surface area contributed by atoms with Gasteiger partial charge in [0.15, 0.2) is 23.0 Å². The molecule has 0 atom stereocenters. The zero-order valence-electron chi connectivity index (χ0n) is 56.9. The summed E-state index contributed by atoms with van der Waals surface area (Å²) in [6.45, 7) is 17.0. The SMILES string of the molecule is CCCCCCCCOc1cc(-c2ccc(C(=O)/C=C(\OB3Oc4ccccc4O3)c3ccc(-c4cc(OCCCCCCCC)c(OCCCCCCCC)c(OCCCCCCCC)c4)[nH]3)[nH]2)cc(OCCCCCCCC)c1OCCCCCCCC. The Morgan fingerprint density at radius 3 is 0.989 bits per heavy atom. The van der Waals surface area contributed by atoms with Crippen LogP contribution in [-0.4, -0.2) is 62.7 Å². The van der Waals surface area contributed by atoms with Gasteiger partial charge in [-0.25, -0.2) is 0 Å². The third kappa shape index (κ3) is 27.0. The Morgan fingerprint density at radius 2 is 0.656 bits per heavy atom. The van der Waals surface area contributed by atoms with Gasteiger partial charge < -0.3 is 52.4 Å². The minimum atomic E-state index is -1.15. The standard InChI is InChI=1S/C77H117BN2O10/c1-7-13-19-25-31-39-51-82-72-57-62(58-73(83-52-40-32-26-20-14-8-2)76(72)86-55-43-35-29-23-17-11-5)64-47-49-66(79-64)68(81)61-71(90-78-88-69-45-37-38-46-70(69)89-78)67-50-48-65(80-67)63-59-74(84-53-41-33-27-21-15-9-3)77(87-56-44-36-30-24-18-12-6)75(60-63)85-54-42-34-28-22-16-10-4/h37-38,45-50,57-61,79-80H,7-36,39-44,51-56H2,1-6H3/b71-61-. The van der Waals surface area contributed by atoms with E-state index in [2.05, 4.69) is 63.6 Å². The fourth-order valence-electron chi connectivity index (χ4n) is 11.4. The first-order valence-electron chi connectivity index (χ1n) is 36.3. The van der Waals surface area contributed by atoms with Crippen molar-refractivity contribution in [3.8, 4) is 68.5 Å². The average Bonchev–Trinajstić information content (AvgIpc) is 1.84. The number of fused-ring (bicyclic) bond motifs is 1. The number of hydrogen-bond donors (Lipinski definition) is 2. The largest absolute Gasteiger partial charge is 0.864 e. The average molecular weight is 1240 g/mol. The summed E-state index contributed by atoms with van der Waals surface area (Å²) < 4.78 is 59.0. The van der Waals surface area contributed by atoms with Crippen LogP contribution in [-0.2, 0) is 4.65 Å². The van der Waals surface area contributed by atoms with Gasteiger partial charge >= 0.3 is 7.32 Å². The van der Waals surface area contributed by atoms with Crippen LogP contribution < -0.4 is 37.7 Å². The maximum atomic E-state index is 14.8. The van der Waals surface area contributed by atoms with Crippen LogP contribution in [0.4, 0.5) is 0 Å². The van der Waals surface area contributed by atoms with Crippen molar-refractivity contribution in [2.45, 2.75) is 273 Å². The number of ether oxygens (including phenoxy) is 6. The molecular formula is C77H117BN2O10. The Hall–Kier alpha value is -6.11. The summed E-state index contributed by atoms with van der Waals surface area (Å²) in [7, 11) is -1.15. The van der Waals surface area contributed by atoms with E-state index in [9.17, 15) is 4.79 Å². The van der Waals surface area contributed by atoms with E-state index in [4.69, 9.17) is 42.4 Å². The molecule has 12 nitrogen and oxygen atoms in total. The lowest BCUT2D eigenvalue weighted by molar-refractivity contribution is 0.104. The molecule has 5 aromatic rings. The number of nitrogens with one attached hydrogen (secondary N) is 2. The molecule has 0 saturated heterocycles. The van der Waals surface area contributed by atoms with Gasteiger partial charge in [-0.15, -0.1) is 0 Å². The molecule has 2 aromatic heterocycles. The molecule has 0 unspecified atom stereocenters. The highest BCUT2D eigenvalue weighted by molar-refractivity contribution is 6.41. The van der Waals surface area contributed by atoms with Crippen LogP contribution in [0, 0.1) is 0 Å². The molecule has 0 spiro atoms. The summed E-state index contributed by atoms with van der Waals surface area (Å²) in [4.78, 5) is 21.9. The van der Waals surface area contributed by atoms with Crippen molar-refractivity contribution in [3.05, 3.63) is 90.3 Å². The predicted octanol–water partition coefficient (Wildman–Crippen LogP) is 22.8. The van der Waals surface area contributed by atoms with Crippen LogP contribution in [0.25, 0.3) is 28.3 Å². The third-order valence-electron chi connectivity index (χ3n) is 16.9. The Bertz CT molecular complexity index is 2630. The van der Waals surface area contributed by atoms with Gasteiger partial charge in [-0.1, -0.05) is 246 Å². The fraction of sp³-hybridized carbons (Fsp3) is 0.623. The number of carbonyl (C=O) groups is 1. The molecule has 1 aliphatic rings. The second-order valence-corrected chi connectivity index (χ2v) is 24.8. The molecule has 0 amide bonds. The number of para-hydroxylation sites is 2. The molecule has 90 heavy (non-hydrogen) atoms. The van der Waals surface area contributed by atoms with Crippen molar-refractivity contribution in [3.63, 3.8) is 0 Å². The predicted molar refractivity (Wildman–Crippen MR) is 373 cm³/mol. The highest BCUT2D eigenvalue weighted by atomic mass is 16.8. The Morgan fingerprint density at radius 1 is 0.367 bits per heavy atom. The number of aromatic amines is 2. The number of allylic oxidation sites excluding steroid dienone is 1. The minimum absolute atomic E-state index is 0.237. The number of aromatic nitrogens is 2. The molecule has 498 valence electrons. The van der Waals surface area contributed by atoms with E-state index in [1.165, 1.54) is 160 Å². The van der Waals surface area contributed by atoms with Crippen LogP contribution in [0.5, 0.6) is 46.0 Å². The molecule has 13 heteroatoms. The Balaban J connectivity index is 1.32. The second kappa shape index (κ2) is 45.2. The van der Waals surface area contributed by atoms with Gasteiger partial charge in [0.05, 0.1) is 51.0 Å². The van der Waals surface area contributed by atoms with Crippen molar-refractivity contribution >= 4 is 18.9 Å². The Kier molecular flexibility index (Phi) is 36.6. The first kappa shape index (κ1) is 73.0. The number of benzene rings is 3. The minimum Gasteiger partial charge on any atom is -0.490 e. The van der Waals surface area contributed by atoms with Crippen molar-refractivity contribution in [2.75, 3.05) is 39.6 Å². The number of carbonyl (C=O) groups excluding carboxylic acids is 1. The van der Waals surface area contributed by atoms with Crippen LogP contribution >= 0.6 is 0 Å². The lowest BCUT2D eigenvalue weighted by Crippen LogP contribution is -2.28. The highest BCUT2D eigenvalue weighted by Crippen LogP contribution is 2.45. The van der Waals surface area contributed by atoms with Gasteiger partial charge in [0, 0.05) is 28.6 Å². The molecule has 1 aliphatic heterocycles. The third-order valence-corrected chi connectivity index (χ3v) is 16.9. The number of H-pyrrole nitrogens is 2. The van der Waals surface area contributed by atoms with Gasteiger partial charge in [0.1, 0.15) is 17.3 Å². The molecular weight excluding hydrogens is 1120 g/mol. The summed E-state index contributed by atoms with van der Waals surface area (Å²) >= 11 is 0. The number of hydrogen-bond acceptors (Lipinski definition) is 10. The summed E-state index contributed by atoms with van der Waals surface area (Å²) in [5.74, 6) is 5.01. The first-order valence-corrected chi connectivity index (χ1v) is 36.3. The summed E-state index contributed by atoms with van der Waals surface area (Å²) in [5.41, 5.74) is 4.14. The maximum absolute atomic E-state index is 14.8. The van der Waals surface area contributed by atoms with E-state index >= 15 is 0 Å². The van der Waals surface area contributed by atoms with Crippen LogP contribution in [0.1, 0.15) is 289 Å². The topological polar surface area (TPSA) is 132 Å². The second-order valence-electron chi connectivity index (χ2n) is 24.8. The molecule has 0 fully saturated rings. The van der Waals surface area contributed by atoms with Gasteiger partial charge in [0.2, 0.25) is 17.3 Å². The molecule has 0 aliphatic carbocycles. The van der Waals surface area contributed by atoms with E-state index in [-0.39, 0.29) is 11.5 Å². The number of rotatable bonds is 55. The number of ketones is 1. The van der Waals surface area contributed by atoms with E-state index in [0.29, 0.717) is 97.0 Å². The lowest BCUT2D eigenvalue weighted by atomic mass is 10.1. The van der Waals surface area contributed by atoms with Gasteiger partial charge in [0.25, 0.3) is 0 Å². The fourth-order valence-corrected chi connectivity index (χ4v) is 11.4. The quantitative estimate of drug-likeness (QED) is 0.0128. The van der Waals surface area contributed by atoms with Crippen LogP contribution in [0.2, 0.25) is 0 Å². The zero-order chi connectivity index (χ0) is 63.5. The first-order chi connectivity index (χ1) is 44.4. The lowest BCUT2D eigenvalue weighted by Gasteiger charge is -2.19. The summed E-state index contributed by atoms with van der Waals surface area (Å²) in [6, 6.07) is 23.3. The summed E-state index contributed by atoms with van der Waals surface area (Å²) in [6.07, 6.45) is 43.4. The van der Waals surface area contributed by atoms with E-state index in [0.717, 1.165) is 99.6 Å². The maximum Gasteiger partial charge on any atom is 0.864 e. The molecule has 3 aromatic carbocycles. The van der Waals surface area contributed by atoms with Crippen molar-refractivity contribution in [1.82, 2.24) is 9.97 Å². The van der Waals surface area contributed by atoms with E-state index in [1.54, 1.807) is 0 Å².